The zero-order chi connectivity index (χ0) is 23.0. The van der Waals surface area contributed by atoms with E-state index in [9.17, 15) is 24.4 Å². The first-order valence-electron chi connectivity index (χ1n) is 10.4. The van der Waals surface area contributed by atoms with E-state index in [0.29, 0.717) is 25.3 Å². The number of carbonyl (C=O) groups is 4. The van der Waals surface area contributed by atoms with E-state index in [4.69, 9.17) is 9.47 Å². The number of cyclic esters (lactones) is 1. The summed E-state index contributed by atoms with van der Waals surface area (Å²) in [6.45, 7) is 3.85. The molecule has 1 N–H and O–H groups in total. The van der Waals surface area contributed by atoms with Crippen LogP contribution < -0.4 is 10.2 Å². The molecule has 1 aliphatic carbocycles. The highest BCUT2D eigenvalue weighted by molar-refractivity contribution is 5.90. The van der Waals surface area contributed by atoms with Crippen LogP contribution in [0.25, 0.3) is 0 Å². The first kappa shape index (κ1) is 21.6. The van der Waals surface area contributed by atoms with Crippen LogP contribution in [0.5, 0.6) is 0 Å². The van der Waals surface area contributed by atoms with E-state index in [1.54, 1.807) is 17.0 Å². The minimum absolute atomic E-state index is 0.0263. The molecule has 3 aliphatic rings. The van der Waals surface area contributed by atoms with Crippen molar-refractivity contribution in [2.45, 2.75) is 25.4 Å². The highest BCUT2D eigenvalue weighted by Crippen LogP contribution is 2.63. The number of rotatable bonds is 6. The summed E-state index contributed by atoms with van der Waals surface area (Å²) in [5.74, 6) is -0.891. The Labute approximate surface area is 185 Å². The predicted molar refractivity (Wildman–Crippen MR) is 110 cm³/mol. The molecule has 4 rings (SSSR count). The number of nitriles is 1. The van der Waals surface area contributed by atoms with Gasteiger partial charge in [0, 0.05) is 44.5 Å². The molecule has 3 fully saturated rings. The van der Waals surface area contributed by atoms with Crippen LogP contribution in [-0.4, -0.2) is 67.7 Å². The first-order valence-corrected chi connectivity index (χ1v) is 10.4. The van der Waals surface area contributed by atoms with Gasteiger partial charge in [-0.2, -0.15) is 5.26 Å². The van der Waals surface area contributed by atoms with Crippen LogP contribution >= 0.6 is 0 Å². The maximum Gasteiger partial charge on any atom is 0.414 e. The van der Waals surface area contributed by atoms with E-state index in [-0.39, 0.29) is 36.8 Å². The fourth-order valence-electron chi connectivity index (χ4n) is 4.76. The van der Waals surface area contributed by atoms with Gasteiger partial charge < -0.3 is 19.7 Å². The highest BCUT2D eigenvalue weighted by Gasteiger charge is 2.70. The standard InChI is InChI=1S/C22H24N4O6/c1-13(27)24-7-17-8-26(21(30)32-17)16-5-3-15(4-6-16)22(12-23)18-9-25(10-19(18)22)20(29)11-31-14(2)28/h3-6,17-19H,7-11H2,1-2H3,(H,24,27)/t17-,18?,19?,22?/m0/s1. The van der Waals surface area contributed by atoms with Crippen LogP contribution in [-0.2, 0) is 29.3 Å². The van der Waals surface area contributed by atoms with Gasteiger partial charge in [-0.1, -0.05) is 12.1 Å². The number of hydrogen-bond donors (Lipinski definition) is 1. The molecule has 1 saturated carbocycles. The Bertz CT molecular complexity index is 989. The Morgan fingerprint density at radius 2 is 1.84 bits per heavy atom. The van der Waals surface area contributed by atoms with Gasteiger partial charge in [-0.25, -0.2) is 4.79 Å². The number of anilines is 1. The van der Waals surface area contributed by atoms with Crippen molar-refractivity contribution in [1.82, 2.24) is 10.2 Å². The topological polar surface area (TPSA) is 129 Å². The van der Waals surface area contributed by atoms with Crippen LogP contribution in [0.1, 0.15) is 19.4 Å². The van der Waals surface area contributed by atoms with Gasteiger partial charge in [0.2, 0.25) is 5.91 Å². The van der Waals surface area contributed by atoms with Gasteiger partial charge in [0.1, 0.15) is 6.10 Å². The number of fused-ring (bicyclic) bond motifs is 1. The summed E-state index contributed by atoms with van der Waals surface area (Å²) in [6.07, 6.45) is -0.900. The minimum Gasteiger partial charge on any atom is -0.456 e. The summed E-state index contributed by atoms with van der Waals surface area (Å²) in [5, 5.41) is 12.6. The zero-order valence-electron chi connectivity index (χ0n) is 17.9. The van der Waals surface area contributed by atoms with Crippen molar-refractivity contribution in [3.05, 3.63) is 29.8 Å². The summed E-state index contributed by atoms with van der Waals surface area (Å²) in [7, 11) is 0. The molecule has 2 aliphatic heterocycles. The number of amides is 3. The lowest BCUT2D eigenvalue weighted by atomic mass is 9.91. The SMILES string of the molecule is CC(=O)NC[C@H]1CN(c2ccc(C3(C#N)C4CN(C(=O)COC(C)=O)CC43)cc2)C(=O)O1. The molecule has 10 heteroatoms. The molecule has 2 unspecified atom stereocenters. The number of benzene rings is 1. The summed E-state index contributed by atoms with van der Waals surface area (Å²) in [5.41, 5.74) is 0.852. The fourth-order valence-corrected chi connectivity index (χ4v) is 4.76. The molecule has 0 aromatic heterocycles. The summed E-state index contributed by atoms with van der Waals surface area (Å²) in [4.78, 5) is 49.5. The zero-order valence-corrected chi connectivity index (χ0v) is 17.9. The number of esters is 1. The van der Waals surface area contributed by atoms with E-state index in [2.05, 4.69) is 11.4 Å². The number of hydrogen-bond acceptors (Lipinski definition) is 7. The summed E-state index contributed by atoms with van der Waals surface area (Å²) >= 11 is 0. The summed E-state index contributed by atoms with van der Waals surface area (Å²) in [6, 6.07) is 9.70. The lowest BCUT2D eigenvalue weighted by Crippen LogP contribution is -2.37. The van der Waals surface area contributed by atoms with Gasteiger partial charge in [0.25, 0.3) is 5.91 Å². The molecule has 168 valence electrons. The van der Waals surface area contributed by atoms with Crippen molar-refractivity contribution in [3.63, 3.8) is 0 Å². The number of piperidine rings is 1. The molecule has 32 heavy (non-hydrogen) atoms. The third kappa shape index (κ3) is 3.75. The molecule has 1 aromatic rings. The minimum atomic E-state index is -0.657. The molecule has 0 bridgehead atoms. The maximum atomic E-state index is 12.2. The van der Waals surface area contributed by atoms with Crippen LogP contribution in [0.2, 0.25) is 0 Å². The molecule has 0 spiro atoms. The monoisotopic (exact) mass is 440 g/mol. The van der Waals surface area contributed by atoms with E-state index in [1.807, 2.05) is 12.1 Å². The highest BCUT2D eigenvalue weighted by atomic mass is 16.6. The number of ether oxygens (including phenoxy) is 2. The normalized spacial score (nSPS) is 27.9. The Hall–Kier alpha value is -3.61. The lowest BCUT2D eigenvalue weighted by molar-refractivity contribution is -0.150. The molecular formula is C22H24N4O6. The number of likely N-dealkylation sites (tertiary alicyclic amines) is 1. The Balaban J connectivity index is 1.39. The Morgan fingerprint density at radius 3 is 2.41 bits per heavy atom. The Kier molecular flexibility index (Phi) is 5.50. The van der Waals surface area contributed by atoms with E-state index >= 15 is 0 Å². The molecule has 3 atom stereocenters. The van der Waals surface area contributed by atoms with Gasteiger partial charge in [-0.3, -0.25) is 19.3 Å². The van der Waals surface area contributed by atoms with Crippen LogP contribution in [0, 0.1) is 23.2 Å². The lowest BCUT2D eigenvalue weighted by Gasteiger charge is -2.23. The molecule has 2 heterocycles. The second kappa shape index (κ2) is 8.15. The maximum absolute atomic E-state index is 12.2. The van der Waals surface area contributed by atoms with Gasteiger partial charge in [-0.05, 0) is 17.7 Å². The first-order chi connectivity index (χ1) is 15.3. The van der Waals surface area contributed by atoms with Gasteiger partial charge in [-0.15, -0.1) is 0 Å². The van der Waals surface area contributed by atoms with Gasteiger partial charge in [0.05, 0.1) is 24.6 Å². The van der Waals surface area contributed by atoms with Crippen molar-refractivity contribution in [2.24, 2.45) is 11.8 Å². The largest absolute Gasteiger partial charge is 0.456 e. The average molecular weight is 440 g/mol. The predicted octanol–water partition coefficient (Wildman–Crippen LogP) is 0.561. The number of nitrogens with zero attached hydrogens (tertiary/aromatic N) is 3. The van der Waals surface area contributed by atoms with Crippen LogP contribution in [0.3, 0.4) is 0 Å². The molecule has 2 saturated heterocycles. The van der Waals surface area contributed by atoms with E-state index in [0.717, 1.165) is 5.56 Å². The average Bonchev–Trinajstić information content (AvgIpc) is 3.07. The van der Waals surface area contributed by atoms with Crippen molar-refractivity contribution >= 4 is 29.6 Å². The Morgan fingerprint density at radius 1 is 1.19 bits per heavy atom. The van der Waals surface area contributed by atoms with Crippen molar-refractivity contribution < 1.29 is 28.7 Å². The van der Waals surface area contributed by atoms with E-state index < -0.39 is 23.6 Å². The summed E-state index contributed by atoms with van der Waals surface area (Å²) < 4.78 is 10.1. The number of nitrogens with one attached hydrogen (secondary N) is 1. The van der Waals surface area contributed by atoms with Crippen molar-refractivity contribution in [2.75, 3.05) is 37.7 Å². The van der Waals surface area contributed by atoms with Crippen molar-refractivity contribution in [1.29, 1.82) is 5.26 Å². The van der Waals surface area contributed by atoms with E-state index in [1.165, 1.54) is 18.7 Å². The third-order valence-electron chi connectivity index (χ3n) is 6.43. The molecule has 1 aromatic carbocycles. The van der Waals surface area contributed by atoms with Gasteiger partial charge in [0.15, 0.2) is 6.61 Å². The number of carbonyl (C=O) groups excluding carboxylic acids is 4. The quantitative estimate of drug-likeness (QED) is 0.640. The molecular weight excluding hydrogens is 416 g/mol. The third-order valence-corrected chi connectivity index (χ3v) is 6.43. The van der Waals surface area contributed by atoms with Crippen LogP contribution in [0.4, 0.5) is 10.5 Å². The fraction of sp³-hybridized carbons (Fsp3) is 0.500. The second-order valence-electron chi connectivity index (χ2n) is 8.37. The molecule has 3 amide bonds. The second-order valence-corrected chi connectivity index (χ2v) is 8.37. The van der Waals surface area contributed by atoms with Gasteiger partial charge >= 0.3 is 12.1 Å². The van der Waals surface area contributed by atoms with Crippen LogP contribution in [0.15, 0.2) is 24.3 Å². The molecule has 0 radical (unpaired) electrons. The molecule has 10 nitrogen and oxygen atoms in total. The van der Waals surface area contributed by atoms with Crippen molar-refractivity contribution in [3.8, 4) is 6.07 Å². The smallest absolute Gasteiger partial charge is 0.414 e.